The lowest BCUT2D eigenvalue weighted by molar-refractivity contribution is -0.116. The van der Waals surface area contributed by atoms with E-state index in [1.54, 1.807) is 25.2 Å². The fourth-order valence-corrected chi connectivity index (χ4v) is 2.58. The van der Waals surface area contributed by atoms with Crippen molar-refractivity contribution >= 4 is 5.91 Å². The number of allylic oxidation sites excluding steroid dienone is 6. The average molecular weight is 366 g/mol. The van der Waals surface area contributed by atoms with Crippen molar-refractivity contribution < 1.29 is 4.79 Å². The summed E-state index contributed by atoms with van der Waals surface area (Å²) >= 11 is 0. The summed E-state index contributed by atoms with van der Waals surface area (Å²) in [6.45, 7) is 18.1. The molecule has 1 saturated heterocycles. The Labute approximate surface area is 164 Å². The van der Waals surface area contributed by atoms with E-state index in [9.17, 15) is 4.79 Å². The summed E-state index contributed by atoms with van der Waals surface area (Å²) in [5.41, 5.74) is 3.17. The minimum Gasteiger partial charge on any atom is -0.326 e. The summed E-state index contributed by atoms with van der Waals surface area (Å²) in [6.07, 6.45) is 10.9. The lowest BCUT2D eigenvalue weighted by atomic mass is 10.1. The minimum atomic E-state index is -0.167. The fourth-order valence-electron chi connectivity index (χ4n) is 2.58. The molecule has 4 heteroatoms. The lowest BCUT2D eigenvalue weighted by Crippen LogP contribution is -2.44. The smallest absolute Gasteiger partial charge is 0.255 e. The molecule has 1 aliphatic heterocycles. The second kappa shape index (κ2) is 12.7. The third-order valence-corrected chi connectivity index (χ3v) is 4.11. The Bertz CT molecular complexity index is 720. The molecule has 2 N–H and O–H groups in total. The van der Waals surface area contributed by atoms with Crippen molar-refractivity contribution in [2.45, 2.75) is 20.8 Å². The van der Waals surface area contributed by atoms with Crippen molar-refractivity contribution in [1.82, 2.24) is 15.5 Å². The molecule has 0 aliphatic carbocycles. The molecule has 0 saturated carbocycles. The van der Waals surface area contributed by atoms with Gasteiger partial charge in [0.15, 0.2) is 0 Å². The standard InChI is InChI=1S/C23H31N3O/c1-6-10-20(7-2)17-22(9-4)23(27)25-19(5)11-12-21(8-3)18-26-15-13-24-14-16-26/h7-9,11-12,17,24H,2-3,13-16,18H2,1,4-5H3,(H,25,27)/b19-11+,20-17+,21-12+,22-9+. The summed E-state index contributed by atoms with van der Waals surface area (Å²) in [5.74, 6) is 5.57. The second-order valence-electron chi connectivity index (χ2n) is 6.20. The number of piperazine rings is 1. The van der Waals surface area contributed by atoms with Gasteiger partial charge in [0.25, 0.3) is 5.91 Å². The molecule has 0 radical (unpaired) electrons. The van der Waals surface area contributed by atoms with Gasteiger partial charge in [0.1, 0.15) is 0 Å². The number of carbonyl (C=O) groups is 1. The molecule has 1 heterocycles. The Balaban J connectivity index is 2.76. The molecule has 1 fully saturated rings. The Kier molecular flexibility index (Phi) is 10.5. The predicted molar refractivity (Wildman–Crippen MR) is 115 cm³/mol. The maximum Gasteiger partial charge on any atom is 0.255 e. The van der Waals surface area contributed by atoms with Crippen molar-refractivity contribution in [3.63, 3.8) is 0 Å². The van der Waals surface area contributed by atoms with Crippen LogP contribution in [0.25, 0.3) is 0 Å². The first-order chi connectivity index (χ1) is 13.0. The van der Waals surface area contributed by atoms with Crippen LogP contribution in [0, 0.1) is 11.8 Å². The zero-order valence-corrected chi connectivity index (χ0v) is 16.8. The largest absolute Gasteiger partial charge is 0.326 e. The molecule has 0 aromatic carbocycles. The number of rotatable bonds is 8. The Morgan fingerprint density at radius 2 is 1.93 bits per heavy atom. The molecule has 0 bridgehead atoms. The van der Waals surface area contributed by atoms with Crippen LogP contribution in [0.4, 0.5) is 0 Å². The van der Waals surface area contributed by atoms with Crippen molar-refractivity contribution in [2.75, 3.05) is 32.7 Å². The number of carbonyl (C=O) groups excluding carboxylic acids is 1. The fraction of sp³-hybridized carbons (Fsp3) is 0.348. The number of hydrogen-bond donors (Lipinski definition) is 2. The maximum atomic E-state index is 12.5. The van der Waals surface area contributed by atoms with Crippen LogP contribution in [0.15, 0.2) is 72.0 Å². The molecule has 1 aliphatic rings. The van der Waals surface area contributed by atoms with Crippen molar-refractivity contribution in [3.8, 4) is 11.8 Å². The van der Waals surface area contributed by atoms with Crippen LogP contribution in [0.3, 0.4) is 0 Å². The molecule has 0 aromatic heterocycles. The topological polar surface area (TPSA) is 44.4 Å². The van der Waals surface area contributed by atoms with Crippen LogP contribution >= 0.6 is 0 Å². The van der Waals surface area contributed by atoms with Gasteiger partial charge in [-0.15, -0.1) is 5.92 Å². The van der Waals surface area contributed by atoms with Crippen LogP contribution in [0.5, 0.6) is 0 Å². The van der Waals surface area contributed by atoms with Crippen LogP contribution in [0.2, 0.25) is 0 Å². The zero-order chi connectivity index (χ0) is 20.1. The van der Waals surface area contributed by atoms with E-state index < -0.39 is 0 Å². The van der Waals surface area contributed by atoms with E-state index in [-0.39, 0.29) is 5.91 Å². The van der Waals surface area contributed by atoms with Crippen molar-refractivity contribution in [2.24, 2.45) is 0 Å². The van der Waals surface area contributed by atoms with E-state index in [2.05, 4.69) is 40.5 Å². The molecule has 0 unspecified atom stereocenters. The van der Waals surface area contributed by atoms with E-state index >= 15 is 0 Å². The lowest BCUT2D eigenvalue weighted by Gasteiger charge is -2.27. The van der Waals surface area contributed by atoms with E-state index in [0.717, 1.165) is 44.0 Å². The highest BCUT2D eigenvalue weighted by Crippen LogP contribution is 2.07. The monoisotopic (exact) mass is 365 g/mol. The third-order valence-electron chi connectivity index (χ3n) is 4.11. The highest BCUT2D eigenvalue weighted by molar-refractivity contribution is 5.97. The second-order valence-corrected chi connectivity index (χ2v) is 6.20. The summed E-state index contributed by atoms with van der Waals surface area (Å²) in [7, 11) is 0. The molecule has 1 rings (SSSR count). The van der Waals surface area contributed by atoms with Crippen LogP contribution < -0.4 is 10.6 Å². The molecular formula is C23H31N3O. The van der Waals surface area contributed by atoms with Crippen molar-refractivity contribution in [3.05, 3.63) is 72.0 Å². The average Bonchev–Trinajstić information content (AvgIpc) is 2.68. The van der Waals surface area contributed by atoms with Crippen LogP contribution in [-0.2, 0) is 4.79 Å². The number of hydrogen-bond acceptors (Lipinski definition) is 3. The van der Waals surface area contributed by atoms with Crippen LogP contribution in [-0.4, -0.2) is 43.5 Å². The molecule has 4 nitrogen and oxygen atoms in total. The highest BCUT2D eigenvalue weighted by atomic mass is 16.1. The highest BCUT2D eigenvalue weighted by Gasteiger charge is 2.10. The Morgan fingerprint density at radius 3 is 2.48 bits per heavy atom. The summed E-state index contributed by atoms with van der Waals surface area (Å²) in [6, 6.07) is 0. The van der Waals surface area contributed by atoms with E-state index in [0.29, 0.717) is 11.1 Å². The van der Waals surface area contributed by atoms with Gasteiger partial charge in [-0.05, 0) is 38.5 Å². The van der Waals surface area contributed by atoms with Gasteiger partial charge >= 0.3 is 0 Å². The Hall–Kier alpha value is -2.61. The van der Waals surface area contributed by atoms with E-state index in [4.69, 9.17) is 0 Å². The number of nitrogens with zero attached hydrogens (tertiary/aromatic N) is 1. The summed E-state index contributed by atoms with van der Waals surface area (Å²) < 4.78 is 0. The molecular weight excluding hydrogens is 334 g/mol. The van der Waals surface area contributed by atoms with Gasteiger partial charge in [0.2, 0.25) is 0 Å². The number of nitrogens with one attached hydrogen (secondary N) is 2. The molecule has 144 valence electrons. The van der Waals surface area contributed by atoms with E-state index in [1.165, 1.54) is 0 Å². The Morgan fingerprint density at radius 1 is 1.22 bits per heavy atom. The van der Waals surface area contributed by atoms with Crippen molar-refractivity contribution in [1.29, 1.82) is 0 Å². The van der Waals surface area contributed by atoms with Gasteiger partial charge in [-0.25, -0.2) is 0 Å². The summed E-state index contributed by atoms with van der Waals surface area (Å²) in [4.78, 5) is 14.9. The number of amides is 1. The summed E-state index contributed by atoms with van der Waals surface area (Å²) in [5, 5.41) is 6.26. The first kappa shape index (κ1) is 22.4. The van der Waals surface area contributed by atoms with Gasteiger partial charge in [-0.2, -0.15) is 0 Å². The first-order valence-corrected chi connectivity index (χ1v) is 9.21. The molecule has 0 spiro atoms. The molecule has 27 heavy (non-hydrogen) atoms. The van der Waals surface area contributed by atoms with Gasteiger partial charge in [0.05, 0.1) is 0 Å². The SMILES string of the molecule is C=C/C(C#CC)=C\C(=C/C)C(=O)N/C(C)=C/C=C(\C=C)CN1CCNCC1. The normalized spacial score (nSPS) is 17.0. The zero-order valence-electron chi connectivity index (χ0n) is 16.8. The quantitative estimate of drug-likeness (QED) is 0.395. The molecule has 0 atom stereocenters. The first-order valence-electron chi connectivity index (χ1n) is 9.21. The van der Waals surface area contributed by atoms with Gasteiger partial charge in [-0.3, -0.25) is 9.69 Å². The molecule has 1 amide bonds. The van der Waals surface area contributed by atoms with Gasteiger partial charge in [-0.1, -0.05) is 43.4 Å². The van der Waals surface area contributed by atoms with Gasteiger partial charge < -0.3 is 10.6 Å². The van der Waals surface area contributed by atoms with Crippen LogP contribution in [0.1, 0.15) is 20.8 Å². The molecule has 0 aromatic rings. The van der Waals surface area contributed by atoms with E-state index in [1.807, 2.05) is 32.1 Å². The predicted octanol–water partition coefficient (Wildman–Crippen LogP) is 3.11. The third kappa shape index (κ3) is 8.54. The van der Waals surface area contributed by atoms with Gasteiger partial charge in [0, 0.05) is 49.6 Å². The maximum absolute atomic E-state index is 12.5. The minimum absolute atomic E-state index is 0.167.